The minimum Gasteiger partial charge on any atom is -0.489 e. The number of nitrogens with one attached hydrogen (secondary N) is 5. The van der Waals surface area contributed by atoms with Gasteiger partial charge in [-0.1, -0.05) is 91.6 Å². The molecule has 1 aliphatic rings. The Kier molecular flexibility index (Phi) is 14.3. The average Bonchev–Trinajstić information content (AvgIpc) is 3.64. The molecule has 57 heavy (non-hydrogen) atoms. The largest absolute Gasteiger partial charge is 0.489 e. The van der Waals surface area contributed by atoms with E-state index < -0.39 is 0 Å². The quantitative estimate of drug-likeness (QED) is 0.0484. The number of aromatic nitrogens is 1. The van der Waals surface area contributed by atoms with Crippen molar-refractivity contribution in [3.63, 3.8) is 0 Å². The van der Waals surface area contributed by atoms with Crippen LogP contribution in [0.3, 0.4) is 0 Å². The van der Waals surface area contributed by atoms with Crippen LogP contribution in [0.5, 0.6) is 5.75 Å². The maximum Gasteiger partial charge on any atom is 0.220 e. The molecule has 1 aromatic heterocycles. The van der Waals surface area contributed by atoms with Crippen molar-refractivity contribution >= 4 is 41.0 Å². The maximum atomic E-state index is 11.5. The molecule has 1 fully saturated rings. The highest BCUT2D eigenvalue weighted by Crippen LogP contribution is 2.39. The van der Waals surface area contributed by atoms with Crippen LogP contribution in [-0.4, -0.2) is 47.4 Å². The smallest absolute Gasteiger partial charge is 0.220 e. The third kappa shape index (κ3) is 10.6. The predicted octanol–water partition coefficient (Wildman–Crippen LogP) is 8.26. The van der Waals surface area contributed by atoms with Crippen molar-refractivity contribution in [3.8, 4) is 34.1 Å². The molecule has 294 valence electrons. The first-order valence-electron chi connectivity index (χ1n) is 19.0. The van der Waals surface area contributed by atoms with Crippen molar-refractivity contribution in [3.05, 3.63) is 135 Å². The standard InChI is InChI=1S/C45H47Cl2N7O3/c1-28(2)42(26-55)53-24-34-16-40(46)33(17-43(34)57-27-31-15-30(18-48)21-50-22-31)23-52-41-8-4-6-37(39(41)19-49)38-7-3-5-36(45(38)47)32-11-9-29(10-12-32)20-51-25-35-13-14-44(56)54-35/h3-12,15-17,19,21-22,28,35,42,49,51-53,55H,13-14,20,23-27H2,1-2H3,(H,54,56). The van der Waals surface area contributed by atoms with Gasteiger partial charge in [-0.2, -0.15) is 5.26 Å². The second-order valence-electron chi connectivity index (χ2n) is 14.5. The number of aliphatic hydroxyl groups is 1. The topological polar surface area (TPSA) is 155 Å². The molecule has 5 aromatic rings. The van der Waals surface area contributed by atoms with Crippen LogP contribution in [-0.2, 0) is 31.0 Å². The van der Waals surface area contributed by atoms with Gasteiger partial charge in [-0.25, -0.2) is 0 Å². The van der Waals surface area contributed by atoms with Gasteiger partial charge in [-0.05, 0) is 58.9 Å². The fourth-order valence-corrected chi connectivity index (χ4v) is 7.46. The summed E-state index contributed by atoms with van der Waals surface area (Å²) in [4.78, 5) is 15.7. The van der Waals surface area contributed by atoms with Crippen molar-refractivity contribution in [1.82, 2.24) is 20.9 Å². The lowest BCUT2D eigenvalue weighted by Crippen LogP contribution is -2.36. The first kappa shape index (κ1) is 41.4. The van der Waals surface area contributed by atoms with Crippen molar-refractivity contribution < 1.29 is 14.6 Å². The summed E-state index contributed by atoms with van der Waals surface area (Å²) in [7, 11) is 0. The third-order valence-corrected chi connectivity index (χ3v) is 10.9. The normalized spacial score (nSPS) is 14.3. The Morgan fingerprint density at radius 1 is 0.982 bits per heavy atom. The van der Waals surface area contributed by atoms with E-state index in [1.165, 1.54) is 12.4 Å². The molecular formula is C45H47Cl2N7O3. The molecule has 1 amide bonds. The number of rotatable bonds is 18. The van der Waals surface area contributed by atoms with Crippen LogP contribution in [0.25, 0.3) is 22.3 Å². The van der Waals surface area contributed by atoms with Crippen molar-refractivity contribution in [2.45, 2.75) is 65.0 Å². The fraction of sp³-hybridized carbons (Fsp3) is 0.289. The number of benzene rings is 4. The molecule has 12 heteroatoms. The fourth-order valence-electron chi connectivity index (χ4n) is 6.87. The third-order valence-electron chi connectivity index (χ3n) is 10.2. The lowest BCUT2D eigenvalue weighted by Gasteiger charge is -2.22. The highest BCUT2D eigenvalue weighted by atomic mass is 35.5. The number of halogens is 2. The van der Waals surface area contributed by atoms with Crippen LogP contribution in [0.1, 0.15) is 60.1 Å². The number of ether oxygens (including phenoxy) is 1. The van der Waals surface area contributed by atoms with E-state index in [4.69, 9.17) is 33.3 Å². The minimum absolute atomic E-state index is 0.00399. The summed E-state index contributed by atoms with van der Waals surface area (Å²) in [6, 6.07) is 27.8. The van der Waals surface area contributed by atoms with Crippen LogP contribution in [0.4, 0.5) is 5.69 Å². The van der Waals surface area contributed by atoms with E-state index in [0.29, 0.717) is 53.0 Å². The van der Waals surface area contributed by atoms with Gasteiger partial charge < -0.3 is 36.5 Å². The van der Waals surface area contributed by atoms with E-state index in [2.05, 4.69) is 56.6 Å². The van der Waals surface area contributed by atoms with E-state index in [1.54, 1.807) is 12.3 Å². The summed E-state index contributed by atoms with van der Waals surface area (Å²) in [5.74, 6) is 0.945. The van der Waals surface area contributed by atoms with Gasteiger partial charge >= 0.3 is 0 Å². The number of carbonyl (C=O) groups excluding carboxylic acids is 1. The second-order valence-corrected chi connectivity index (χ2v) is 15.3. The minimum atomic E-state index is -0.108. The lowest BCUT2D eigenvalue weighted by molar-refractivity contribution is -0.119. The molecule has 1 saturated heterocycles. The van der Waals surface area contributed by atoms with Crippen LogP contribution >= 0.6 is 23.2 Å². The van der Waals surface area contributed by atoms with Crippen LogP contribution < -0.4 is 26.0 Å². The molecule has 0 saturated carbocycles. The number of pyridine rings is 1. The molecule has 0 aliphatic carbocycles. The van der Waals surface area contributed by atoms with Crippen molar-refractivity contribution in [2.75, 3.05) is 18.5 Å². The molecule has 2 heterocycles. The van der Waals surface area contributed by atoms with E-state index >= 15 is 0 Å². The van der Waals surface area contributed by atoms with Gasteiger partial charge in [0.15, 0.2) is 0 Å². The van der Waals surface area contributed by atoms with E-state index in [-0.39, 0.29) is 37.1 Å². The van der Waals surface area contributed by atoms with E-state index in [0.717, 1.165) is 63.2 Å². The summed E-state index contributed by atoms with van der Waals surface area (Å²) in [6.45, 7) is 6.48. The summed E-state index contributed by atoms with van der Waals surface area (Å²) < 4.78 is 6.32. The van der Waals surface area contributed by atoms with Crippen molar-refractivity contribution in [2.24, 2.45) is 5.92 Å². The van der Waals surface area contributed by atoms with Crippen LogP contribution in [0, 0.1) is 22.7 Å². The number of nitrogens with zero attached hydrogens (tertiary/aromatic N) is 2. The number of aliphatic hydroxyl groups excluding tert-OH is 1. The van der Waals surface area contributed by atoms with Crippen LogP contribution in [0.2, 0.25) is 10.0 Å². The SMILES string of the molecule is CC(C)C(CO)NCc1cc(Cl)c(CNc2cccc(-c3cccc(-c4ccc(CNCC5CCC(=O)N5)cc4)c3Cl)c2C=N)cc1OCc1cncc(C#N)c1. The van der Waals surface area contributed by atoms with Crippen LogP contribution in [0.15, 0.2) is 91.3 Å². The molecule has 2 atom stereocenters. The van der Waals surface area contributed by atoms with E-state index in [9.17, 15) is 15.2 Å². The molecule has 4 aromatic carbocycles. The Balaban J connectivity index is 1.20. The number of carbonyl (C=O) groups is 1. The second kappa shape index (κ2) is 19.7. The monoisotopic (exact) mass is 803 g/mol. The van der Waals surface area contributed by atoms with Gasteiger partial charge in [0, 0.05) is 102 Å². The van der Waals surface area contributed by atoms with Gasteiger partial charge in [0.05, 0.1) is 17.2 Å². The molecule has 0 bridgehead atoms. The number of anilines is 1. The van der Waals surface area contributed by atoms with E-state index in [1.807, 2.05) is 62.4 Å². The van der Waals surface area contributed by atoms with Gasteiger partial charge in [-0.3, -0.25) is 9.78 Å². The molecule has 0 spiro atoms. The highest BCUT2D eigenvalue weighted by Gasteiger charge is 2.20. The summed E-state index contributed by atoms with van der Waals surface area (Å²) in [5.41, 5.74) is 8.86. The lowest BCUT2D eigenvalue weighted by atomic mass is 9.94. The zero-order chi connectivity index (χ0) is 40.3. The Bertz CT molecular complexity index is 2240. The molecular weight excluding hydrogens is 757 g/mol. The van der Waals surface area contributed by atoms with Gasteiger partial charge in [-0.15, -0.1) is 0 Å². The Hall–Kier alpha value is -5.28. The Labute approximate surface area is 344 Å². The predicted molar refractivity (Wildman–Crippen MR) is 228 cm³/mol. The summed E-state index contributed by atoms with van der Waals surface area (Å²) >= 11 is 14.0. The van der Waals surface area contributed by atoms with Gasteiger partial charge in [0.1, 0.15) is 18.4 Å². The van der Waals surface area contributed by atoms with Gasteiger partial charge in [0.25, 0.3) is 0 Å². The summed E-state index contributed by atoms with van der Waals surface area (Å²) in [6.07, 6.45) is 5.97. The first-order valence-corrected chi connectivity index (χ1v) is 19.8. The molecule has 2 unspecified atom stereocenters. The average molecular weight is 805 g/mol. The molecule has 0 radical (unpaired) electrons. The molecule has 10 nitrogen and oxygen atoms in total. The maximum absolute atomic E-state index is 11.5. The van der Waals surface area contributed by atoms with Gasteiger partial charge in [0.2, 0.25) is 5.91 Å². The zero-order valence-corrected chi connectivity index (χ0v) is 33.6. The first-order chi connectivity index (χ1) is 27.7. The summed E-state index contributed by atoms with van der Waals surface area (Å²) in [5, 5.41) is 42.2. The number of amides is 1. The number of hydrogen-bond donors (Lipinski definition) is 6. The van der Waals surface area contributed by atoms with Crippen molar-refractivity contribution in [1.29, 1.82) is 10.7 Å². The zero-order valence-electron chi connectivity index (χ0n) is 32.0. The number of nitriles is 1. The number of hydrogen-bond acceptors (Lipinski definition) is 9. The highest BCUT2D eigenvalue weighted by molar-refractivity contribution is 6.36. The molecule has 6 rings (SSSR count). The molecule has 6 N–H and O–H groups in total. The Morgan fingerprint density at radius 2 is 1.75 bits per heavy atom. The Morgan fingerprint density at radius 3 is 2.47 bits per heavy atom. The molecule has 1 aliphatic heterocycles.